The molecule has 1 N–H and O–H groups in total. The summed E-state index contributed by atoms with van der Waals surface area (Å²) in [5.41, 5.74) is 0. The fraction of sp³-hybridized carbons (Fsp3) is 0.182. The number of aliphatic hydroxyl groups excluding tert-OH is 1. The normalized spacial score (nSPS) is 8.60. The lowest BCUT2D eigenvalue weighted by atomic mass is 10.3. The van der Waals surface area contributed by atoms with Crippen LogP contribution in [0.4, 0.5) is 4.79 Å². The smallest absolute Gasteiger partial charge is 0.421 e. The van der Waals surface area contributed by atoms with Gasteiger partial charge in [-0.25, -0.2) is 4.79 Å². The van der Waals surface area contributed by atoms with Gasteiger partial charge in [-0.1, -0.05) is 30.0 Å². The Kier molecular flexibility index (Phi) is 4.78. The van der Waals surface area contributed by atoms with Gasteiger partial charge >= 0.3 is 6.16 Å². The quantitative estimate of drug-likeness (QED) is 0.448. The van der Waals surface area contributed by atoms with Crippen molar-refractivity contribution in [2.45, 2.75) is 0 Å². The van der Waals surface area contributed by atoms with Crippen molar-refractivity contribution in [3.05, 3.63) is 30.3 Å². The van der Waals surface area contributed by atoms with Crippen LogP contribution in [0, 0.1) is 11.8 Å². The van der Waals surface area contributed by atoms with E-state index >= 15 is 0 Å². The van der Waals surface area contributed by atoms with Crippen LogP contribution >= 0.6 is 0 Å². The van der Waals surface area contributed by atoms with Crippen LogP contribution in [0.25, 0.3) is 0 Å². The Labute approximate surface area is 87.4 Å². The van der Waals surface area contributed by atoms with E-state index < -0.39 is 6.16 Å². The van der Waals surface area contributed by atoms with Crippen LogP contribution in [0.15, 0.2) is 30.3 Å². The van der Waals surface area contributed by atoms with Crippen LogP contribution in [0.2, 0.25) is 0 Å². The maximum Gasteiger partial charge on any atom is 0.514 e. The second-order valence-electron chi connectivity index (χ2n) is 2.47. The lowest BCUT2D eigenvalue weighted by molar-refractivity contribution is 0.111. The molecule has 0 aromatic heterocycles. The summed E-state index contributed by atoms with van der Waals surface area (Å²) in [4.78, 5) is 11.0. The van der Waals surface area contributed by atoms with Gasteiger partial charge in [0.1, 0.15) is 12.4 Å². The molecule has 0 spiro atoms. The number of hydrogen-bond donors (Lipinski definition) is 1. The number of ether oxygens (including phenoxy) is 2. The summed E-state index contributed by atoms with van der Waals surface area (Å²) in [7, 11) is 0. The molecule has 1 rings (SSSR count). The second-order valence-corrected chi connectivity index (χ2v) is 2.47. The van der Waals surface area contributed by atoms with Gasteiger partial charge in [-0.2, -0.15) is 0 Å². The largest absolute Gasteiger partial charge is 0.514 e. The third kappa shape index (κ3) is 4.69. The molecular formula is C11H10O4. The predicted octanol–water partition coefficient (Wildman–Crippen LogP) is 1.20. The van der Waals surface area contributed by atoms with E-state index in [1.54, 1.807) is 24.3 Å². The molecule has 0 aliphatic heterocycles. The zero-order valence-electron chi connectivity index (χ0n) is 7.97. The van der Waals surface area contributed by atoms with Gasteiger partial charge < -0.3 is 14.6 Å². The zero-order valence-corrected chi connectivity index (χ0v) is 7.97. The van der Waals surface area contributed by atoms with Crippen molar-refractivity contribution in [3.63, 3.8) is 0 Å². The lowest BCUT2D eigenvalue weighted by Gasteiger charge is -2.02. The topological polar surface area (TPSA) is 55.8 Å². The van der Waals surface area contributed by atoms with Gasteiger partial charge in [0, 0.05) is 0 Å². The Balaban J connectivity index is 2.31. The third-order valence-corrected chi connectivity index (χ3v) is 1.41. The number of hydrogen-bond acceptors (Lipinski definition) is 4. The van der Waals surface area contributed by atoms with Gasteiger partial charge in [-0.3, -0.25) is 0 Å². The highest BCUT2D eigenvalue weighted by molar-refractivity contribution is 5.63. The Morgan fingerprint density at radius 2 is 2.00 bits per heavy atom. The summed E-state index contributed by atoms with van der Waals surface area (Å²) < 4.78 is 9.41. The molecule has 0 saturated heterocycles. The Morgan fingerprint density at radius 3 is 2.67 bits per heavy atom. The standard InChI is InChI=1S/C11H10O4/c12-8-4-5-9-14-11(13)15-10-6-2-1-3-7-10/h1-3,6-7,12H,8-9H2. The minimum Gasteiger partial charge on any atom is -0.421 e. The number of rotatable bonds is 2. The van der Waals surface area contributed by atoms with E-state index in [-0.39, 0.29) is 13.2 Å². The molecule has 4 heteroatoms. The van der Waals surface area contributed by atoms with E-state index in [0.717, 1.165) is 0 Å². The Hall–Kier alpha value is -1.99. The first-order valence-electron chi connectivity index (χ1n) is 4.29. The minimum absolute atomic E-state index is 0.0910. The Morgan fingerprint density at radius 1 is 1.27 bits per heavy atom. The maximum atomic E-state index is 11.0. The van der Waals surface area contributed by atoms with Crippen LogP contribution in [-0.2, 0) is 4.74 Å². The summed E-state index contributed by atoms with van der Waals surface area (Å²) in [5, 5.41) is 8.32. The SMILES string of the molecule is O=C(OCC#CCO)Oc1ccccc1. The Bertz CT molecular complexity index is 361. The fourth-order valence-corrected chi connectivity index (χ4v) is 0.816. The van der Waals surface area contributed by atoms with Crippen LogP contribution in [0.5, 0.6) is 5.75 Å². The average Bonchev–Trinajstić information content (AvgIpc) is 2.26. The molecule has 4 nitrogen and oxygen atoms in total. The van der Waals surface area contributed by atoms with E-state index in [2.05, 4.69) is 16.6 Å². The fourth-order valence-electron chi connectivity index (χ4n) is 0.816. The second kappa shape index (κ2) is 6.46. The van der Waals surface area contributed by atoms with Crippen molar-refractivity contribution in [2.24, 2.45) is 0 Å². The number of para-hydroxylation sites is 1. The molecule has 15 heavy (non-hydrogen) atoms. The van der Waals surface area contributed by atoms with Gasteiger partial charge in [-0.15, -0.1) is 0 Å². The number of carbonyl (C=O) groups excluding carboxylic acids is 1. The van der Waals surface area contributed by atoms with Crippen molar-refractivity contribution < 1.29 is 19.4 Å². The highest BCUT2D eigenvalue weighted by Gasteiger charge is 2.03. The summed E-state index contributed by atoms with van der Waals surface area (Å²) in [5.74, 6) is 5.18. The van der Waals surface area contributed by atoms with E-state index in [1.807, 2.05) is 6.07 Å². The molecule has 1 aromatic carbocycles. The van der Waals surface area contributed by atoms with Gasteiger partial charge in [0.25, 0.3) is 0 Å². The van der Waals surface area contributed by atoms with Gasteiger partial charge in [0.15, 0.2) is 6.61 Å². The number of carbonyl (C=O) groups is 1. The molecule has 0 aliphatic carbocycles. The maximum absolute atomic E-state index is 11.0. The van der Waals surface area contributed by atoms with Crippen molar-refractivity contribution in [1.29, 1.82) is 0 Å². The summed E-state index contributed by atoms with van der Waals surface area (Å²) in [6, 6.07) is 8.58. The summed E-state index contributed by atoms with van der Waals surface area (Å²) >= 11 is 0. The summed E-state index contributed by atoms with van der Waals surface area (Å²) in [6.45, 7) is -0.344. The third-order valence-electron chi connectivity index (χ3n) is 1.41. The number of aliphatic hydroxyl groups is 1. The van der Waals surface area contributed by atoms with Crippen molar-refractivity contribution in [3.8, 4) is 17.6 Å². The molecule has 0 heterocycles. The van der Waals surface area contributed by atoms with Gasteiger partial charge in [0.2, 0.25) is 0 Å². The molecule has 0 saturated carbocycles. The van der Waals surface area contributed by atoms with E-state index in [9.17, 15) is 4.79 Å². The van der Waals surface area contributed by atoms with Gasteiger partial charge in [-0.05, 0) is 12.1 Å². The van der Waals surface area contributed by atoms with Crippen LogP contribution in [0.3, 0.4) is 0 Å². The van der Waals surface area contributed by atoms with Crippen molar-refractivity contribution in [1.82, 2.24) is 0 Å². The molecule has 1 aromatic rings. The first kappa shape index (κ1) is 11.1. The molecule has 0 atom stereocenters. The van der Waals surface area contributed by atoms with Crippen LogP contribution in [0.1, 0.15) is 0 Å². The lowest BCUT2D eigenvalue weighted by Crippen LogP contribution is -2.10. The predicted molar refractivity (Wildman–Crippen MR) is 53.3 cm³/mol. The first-order chi connectivity index (χ1) is 7.33. The number of benzene rings is 1. The van der Waals surface area contributed by atoms with Gasteiger partial charge in [0.05, 0.1) is 0 Å². The first-order valence-corrected chi connectivity index (χ1v) is 4.29. The molecule has 0 fully saturated rings. The van der Waals surface area contributed by atoms with Crippen LogP contribution in [-0.4, -0.2) is 24.5 Å². The molecule has 0 bridgehead atoms. The van der Waals surface area contributed by atoms with E-state index in [4.69, 9.17) is 9.84 Å². The highest BCUT2D eigenvalue weighted by atomic mass is 16.7. The summed E-state index contributed by atoms with van der Waals surface area (Å²) in [6.07, 6.45) is -0.812. The van der Waals surface area contributed by atoms with Crippen LogP contribution < -0.4 is 4.74 Å². The minimum atomic E-state index is -0.812. The molecular weight excluding hydrogens is 196 g/mol. The molecule has 0 radical (unpaired) electrons. The average molecular weight is 206 g/mol. The molecule has 0 amide bonds. The van der Waals surface area contributed by atoms with E-state index in [1.165, 1.54) is 0 Å². The highest BCUT2D eigenvalue weighted by Crippen LogP contribution is 2.08. The molecule has 0 unspecified atom stereocenters. The zero-order chi connectivity index (χ0) is 10.9. The van der Waals surface area contributed by atoms with Crippen molar-refractivity contribution in [2.75, 3.05) is 13.2 Å². The monoisotopic (exact) mass is 206 g/mol. The van der Waals surface area contributed by atoms with Crippen molar-refractivity contribution >= 4 is 6.16 Å². The van der Waals surface area contributed by atoms with E-state index in [0.29, 0.717) is 5.75 Å². The molecule has 0 aliphatic rings. The molecule has 78 valence electrons.